The van der Waals surface area contributed by atoms with Crippen molar-refractivity contribution < 1.29 is 13.2 Å². The molecule has 0 aliphatic heterocycles. The summed E-state index contributed by atoms with van der Waals surface area (Å²) in [6.45, 7) is 3.89. The molecule has 140 valence electrons. The number of carbonyl (C=O) groups is 1. The van der Waals surface area contributed by atoms with Crippen molar-refractivity contribution in [1.29, 1.82) is 0 Å². The topological polar surface area (TPSA) is 66.5 Å². The van der Waals surface area contributed by atoms with Crippen LogP contribution in [0.2, 0.25) is 0 Å². The molecule has 0 saturated carbocycles. The van der Waals surface area contributed by atoms with E-state index in [0.29, 0.717) is 11.4 Å². The Morgan fingerprint density at radius 2 is 1.48 bits per heavy atom. The third-order valence-corrected chi connectivity index (χ3v) is 7.05. The quantitative estimate of drug-likeness (QED) is 0.688. The van der Waals surface area contributed by atoms with Gasteiger partial charge in [0.1, 0.15) is 9.77 Å². The molecule has 3 aromatic rings. The van der Waals surface area contributed by atoms with Crippen LogP contribution in [0.4, 0.5) is 11.4 Å². The van der Waals surface area contributed by atoms with Crippen LogP contribution >= 0.6 is 11.3 Å². The van der Waals surface area contributed by atoms with Crippen molar-refractivity contribution in [2.24, 2.45) is 0 Å². The van der Waals surface area contributed by atoms with Crippen LogP contribution in [0.5, 0.6) is 0 Å². The number of thiophene rings is 1. The van der Waals surface area contributed by atoms with Gasteiger partial charge in [0.25, 0.3) is 15.9 Å². The zero-order valence-corrected chi connectivity index (χ0v) is 16.9. The lowest BCUT2D eigenvalue weighted by atomic mass is 10.2. The van der Waals surface area contributed by atoms with Crippen LogP contribution in [0.15, 0.2) is 64.9 Å². The summed E-state index contributed by atoms with van der Waals surface area (Å²) in [4.78, 5) is 12.8. The van der Waals surface area contributed by atoms with E-state index >= 15 is 0 Å². The minimum atomic E-state index is -3.85. The number of rotatable bonds is 5. The molecule has 7 heteroatoms. The number of amides is 1. The summed E-state index contributed by atoms with van der Waals surface area (Å²) in [6.07, 6.45) is 0. The first-order valence-electron chi connectivity index (χ1n) is 8.30. The molecule has 0 spiro atoms. The summed E-state index contributed by atoms with van der Waals surface area (Å²) in [6, 6.07) is 16.0. The lowest BCUT2D eigenvalue weighted by Crippen LogP contribution is -2.28. The molecule has 1 amide bonds. The predicted molar refractivity (Wildman–Crippen MR) is 110 cm³/mol. The van der Waals surface area contributed by atoms with Gasteiger partial charge < -0.3 is 5.32 Å². The zero-order valence-electron chi connectivity index (χ0n) is 15.3. The third kappa shape index (κ3) is 4.04. The second kappa shape index (κ2) is 7.54. The van der Waals surface area contributed by atoms with E-state index in [4.69, 9.17) is 0 Å². The molecule has 0 atom stereocenters. The molecule has 0 fully saturated rings. The first kappa shape index (κ1) is 19.1. The fourth-order valence-electron chi connectivity index (χ4n) is 2.53. The lowest BCUT2D eigenvalue weighted by molar-refractivity contribution is 0.102. The highest BCUT2D eigenvalue weighted by molar-refractivity contribution is 7.93. The van der Waals surface area contributed by atoms with Crippen molar-refractivity contribution in [2.45, 2.75) is 18.7 Å². The number of aryl methyl sites for hydroxylation is 2. The van der Waals surface area contributed by atoms with E-state index in [9.17, 15) is 13.2 Å². The Kier molecular flexibility index (Phi) is 5.34. The Bertz CT molecular complexity index is 1050. The summed E-state index contributed by atoms with van der Waals surface area (Å²) >= 11 is 1.10. The van der Waals surface area contributed by atoms with Gasteiger partial charge in [0.05, 0.1) is 5.69 Å². The van der Waals surface area contributed by atoms with Crippen LogP contribution in [-0.2, 0) is 10.0 Å². The minimum Gasteiger partial charge on any atom is -0.321 e. The maximum Gasteiger partial charge on any atom is 0.267 e. The fraction of sp³-hybridized carbons (Fsp3) is 0.150. The van der Waals surface area contributed by atoms with E-state index in [0.717, 1.165) is 22.5 Å². The van der Waals surface area contributed by atoms with Crippen molar-refractivity contribution in [3.63, 3.8) is 0 Å². The number of nitrogens with one attached hydrogen (secondary N) is 1. The van der Waals surface area contributed by atoms with Gasteiger partial charge in [0.2, 0.25) is 0 Å². The van der Waals surface area contributed by atoms with Crippen LogP contribution in [0.3, 0.4) is 0 Å². The normalized spacial score (nSPS) is 11.2. The van der Waals surface area contributed by atoms with Crippen LogP contribution < -0.4 is 9.62 Å². The highest BCUT2D eigenvalue weighted by Crippen LogP contribution is 2.28. The minimum absolute atomic E-state index is 0.000173. The van der Waals surface area contributed by atoms with Crippen LogP contribution in [0.1, 0.15) is 20.8 Å². The number of nitrogens with zero attached hydrogens (tertiary/aromatic N) is 1. The lowest BCUT2D eigenvalue weighted by Gasteiger charge is -2.19. The van der Waals surface area contributed by atoms with Crippen LogP contribution in [-0.4, -0.2) is 21.4 Å². The first-order chi connectivity index (χ1) is 12.8. The number of hydrogen-bond acceptors (Lipinski definition) is 4. The van der Waals surface area contributed by atoms with Crippen LogP contribution in [0.25, 0.3) is 0 Å². The Morgan fingerprint density at radius 1 is 0.926 bits per heavy atom. The molecule has 3 rings (SSSR count). The summed E-state index contributed by atoms with van der Waals surface area (Å²) in [5.74, 6) is -0.440. The molecule has 0 aliphatic carbocycles. The SMILES string of the molecule is Cc1ccc(NC(=O)c2sccc2S(=O)(=O)N(C)c2ccc(C)cc2)cc1. The molecule has 0 radical (unpaired) electrons. The molecule has 0 saturated heterocycles. The van der Waals surface area contributed by atoms with Gasteiger partial charge in [-0.3, -0.25) is 9.10 Å². The smallest absolute Gasteiger partial charge is 0.267 e. The van der Waals surface area contributed by atoms with E-state index in [1.165, 1.54) is 17.4 Å². The monoisotopic (exact) mass is 400 g/mol. The van der Waals surface area contributed by atoms with E-state index in [1.54, 1.807) is 29.6 Å². The van der Waals surface area contributed by atoms with Gasteiger partial charge in [0.15, 0.2) is 0 Å². The average Bonchev–Trinajstić information content (AvgIpc) is 3.14. The van der Waals surface area contributed by atoms with Crippen molar-refractivity contribution in [1.82, 2.24) is 0 Å². The molecular formula is C20H20N2O3S2. The van der Waals surface area contributed by atoms with Gasteiger partial charge in [-0.05, 0) is 49.6 Å². The summed E-state index contributed by atoms with van der Waals surface area (Å²) in [5, 5.41) is 4.37. The molecule has 5 nitrogen and oxygen atoms in total. The van der Waals surface area contributed by atoms with E-state index in [-0.39, 0.29) is 9.77 Å². The number of benzene rings is 2. The molecule has 1 N–H and O–H groups in total. The molecule has 0 aliphatic rings. The highest BCUT2D eigenvalue weighted by atomic mass is 32.2. The molecule has 0 unspecified atom stereocenters. The summed E-state index contributed by atoms with van der Waals surface area (Å²) in [7, 11) is -2.37. The fourth-order valence-corrected chi connectivity index (χ4v) is 5.02. The maximum atomic E-state index is 13.1. The Balaban J connectivity index is 1.89. The Morgan fingerprint density at radius 3 is 2.07 bits per heavy atom. The van der Waals surface area contributed by atoms with Crippen molar-refractivity contribution >= 4 is 38.6 Å². The first-order valence-corrected chi connectivity index (χ1v) is 10.6. The van der Waals surface area contributed by atoms with Crippen molar-refractivity contribution in [3.05, 3.63) is 76.0 Å². The Hall–Kier alpha value is -2.64. The molecule has 27 heavy (non-hydrogen) atoms. The largest absolute Gasteiger partial charge is 0.321 e. The van der Waals surface area contributed by atoms with E-state index in [2.05, 4.69) is 5.32 Å². The number of hydrogen-bond donors (Lipinski definition) is 1. The Labute approximate surface area is 163 Å². The number of sulfonamides is 1. The second-order valence-electron chi connectivity index (χ2n) is 6.24. The van der Waals surface area contributed by atoms with E-state index < -0.39 is 15.9 Å². The van der Waals surface area contributed by atoms with Crippen molar-refractivity contribution in [3.8, 4) is 0 Å². The highest BCUT2D eigenvalue weighted by Gasteiger charge is 2.28. The number of carbonyl (C=O) groups excluding carboxylic acids is 1. The molecule has 2 aromatic carbocycles. The van der Waals surface area contributed by atoms with Gasteiger partial charge in [-0.15, -0.1) is 11.3 Å². The molecular weight excluding hydrogens is 380 g/mol. The average molecular weight is 401 g/mol. The summed E-state index contributed by atoms with van der Waals surface area (Å²) < 4.78 is 27.3. The predicted octanol–water partition coefficient (Wildman–Crippen LogP) is 4.44. The van der Waals surface area contributed by atoms with E-state index in [1.807, 2.05) is 38.1 Å². The zero-order chi connectivity index (χ0) is 19.6. The van der Waals surface area contributed by atoms with Crippen LogP contribution in [0, 0.1) is 13.8 Å². The molecule has 1 aromatic heterocycles. The van der Waals surface area contributed by atoms with Crippen molar-refractivity contribution in [2.75, 3.05) is 16.7 Å². The second-order valence-corrected chi connectivity index (χ2v) is 9.10. The van der Waals surface area contributed by atoms with Gasteiger partial charge >= 0.3 is 0 Å². The van der Waals surface area contributed by atoms with Gasteiger partial charge in [-0.2, -0.15) is 0 Å². The van der Waals surface area contributed by atoms with Gasteiger partial charge in [-0.25, -0.2) is 8.42 Å². The van der Waals surface area contributed by atoms with Gasteiger partial charge in [0, 0.05) is 12.7 Å². The maximum absolute atomic E-state index is 13.1. The van der Waals surface area contributed by atoms with Gasteiger partial charge in [-0.1, -0.05) is 35.4 Å². The standard InChI is InChI=1S/C20H20N2O3S2/c1-14-4-8-16(9-5-14)21-20(23)19-18(12-13-26-19)27(24,25)22(3)17-10-6-15(2)7-11-17/h4-13H,1-3H3,(H,21,23). The summed E-state index contributed by atoms with van der Waals surface area (Å²) in [5.41, 5.74) is 3.27. The third-order valence-electron chi connectivity index (χ3n) is 4.18. The number of anilines is 2. The molecule has 0 bridgehead atoms. The molecule has 1 heterocycles.